The molecule has 0 fully saturated rings. The van der Waals surface area contributed by atoms with Gasteiger partial charge in [-0.3, -0.25) is 0 Å². The molecule has 0 aliphatic heterocycles. The van der Waals surface area contributed by atoms with Gasteiger partial charge in [0, 0.05) is 31.3 Å². The zero-order valence-electron chi connectivity index (χ0n) is 10.8. The van der Waals surface area contributed by atoms with Gasteiger partial charge in [-0.1, -0.05) is 12.1 Å². The van der Waals surface area contributed by atoms with Crippen molar-refractivity contribution in [2.75, 3.05) is 13.2 Å². The fourth-order valence-electron chi connectivity index (χ4n) is 1.71. The van der Waals surface area contributed by atoms with Gasteiger partial charge in [0.2, 0.25) is 0 Å². The number of aliphatic hydroxyl groups excluding tert-OH is 1. The highest BCUT2D eigenvalue weighted by Gasteiger charge is 2.03. The van der Waals surface area contributed by atoms with Gasteiger partial charge in [-0.25, -0.2) is 8.78 Å². The van der Waals surface area contributed by atoms with Crippen LogP contribution in [0.5, 0.6) is 11.5 Å². The minimum atomic E-state index is -0.676. The molecule has 0 spiro atoms. The summed E-state index contributed by atoms with van der Waals surface area (Å²) in [4.78, 5) is 0. The van der Waals surface area contributed by atoms with Crippen LogP contribution in [-0.4, -0.2) is 18.3 Å². The lowest BCUT2D eigenvalue weighted by Crippen LogP contribution is -2.17. The Balaban J connectivity index is 1.99. The van der Waals surface area contributed by atoms with Crippen molar-refractivity contribution >= 4 is 0 Å². The van der Waals surface area contributed by atoms with Crippen molar-refractivity contribution in [1.82, 2.24) is 5.32 Å². The molecule has 5 heteroatoms. The average Bonchev–Trinajstić information content (AvgIpc) is 2.40. The first-order valence-corrected chi connectivity index (χ1v) is 6.22. The highest BCUT2D eigenvalue weighted by atomic mass is 19.1. The maximum Gasteiger partial charge on any atom is 0.133 e. The van der Waals surface area contributed by atoms with Gasteiger partial charge in [0.25, 0.3) is 0 Å². The van der Waals surface area contributed by atoms with Crippen molar-refractivity contribution in [3.8, 4) is 11.5 Å². The van der Waals surface area contributed by atoms with E-state index in [0.717, 1.165) is 23.8 Å². The Kier molecular flexibility index (Phi) is 5.03. The van der Waals surface area contributed by atoms with Crippen LogP contribution in [0, 0.1) is 11.6 Å². The van der Waals surface area contributed by atoms with Crippen LogP contribution < -0.4 is 10.1 Å². The summed E-state index contributed by atoms with van der Waals surface area (Å²) in [6.07, 6.45) is 0. The lowest BCUT2D eigenvalue weighted by atomic mass is 10.2. The van der Waals surface area contributed by atoms with E-state index in [-0.39, 0.29) is 12.4 Å². The minimum Gasteiger partial charge on any atom is -0.457 e. The topological polar surface area (TPSA) is 41.5 Å². The van der Waals surface area contributed by atoms with E-state index in [9.17, 15) is 8.78 Å². The Hall–Kier alpha value is -1.98. The molecule has 2 N–H and O–H groups in total. The van der Waals surface area contributed by atoms with Crippen LogP contribution in [-0.2, 0) is 6.54 Å². The normalized spacial score (nSPS) is 10.6. The number of hydrogen-bond acceptors (Lipinski definition) is 3. The summed E-state index contributed by atoms with van der Waals surface area (Å²) >= 11 is 0. The summed E-state index contributed by atoms with van der Waals surface area (Å²) < 4.78 is 31.4. The highest BCUT2D eigenvalue weighted by molar-refractivity contribution is 5.33. The first-order chi connectivity index (χ1) is 9.67. The largest absolute Gasteiger partial charge is 0.457 e. The van der Waals surface area contributed by atoms with Crippen LogP contribution in [0.3, 0.4) is 0 Å². The van der Waals surface area contributed by atoms with Gasteiger partial charge in [0.15, 0.2) is 0 Å². The van der Waals surface area contributed by atoms with E-state index in [1.165, 1.54) is 0 Å². The monoisotopic (exact) mass is 279 g/mol. The maximum absolute atomic E-state index is 13.0. The van der Waals surface area contributed by atoms with Gasteiger partial charge >= 0.3 is 0 Å². The Morgan fingerprint density at radius 2 is 1.60 bits per heavy atom. The Morgan fingerprint density at radius 1 is 0.950 bits per heavy atom. The van der Waals surface area contributed by atoms with Crippen molar-refractivity contribution in [1.29, 1.82) is 0 Å². The van der Waals surface area contributed by atoms with Crippen molar-refractivity contribution < 1.29 is 18.6 Å². The molecule has 0 aliphatic rings. The van der Waals surface area contributed by atoms with E-state index in [1.54, 1.807) is 12.1 Å². The molecule has 2 aromatic carbocycles. The predicted molar refractivity (Wildman–Crippen MR) is 71.7 cm³/mol. The van der Waals surface area contributed by atoms with E-state index >= 15 is 0 Å². The number of ether oxygens (including phenoxy) is 1. The summed E-state index contributed by atoms with van der Waals surface area (Å²) in [7, 11) is 0. The lowest BCUT2D eigenvalue weighted by Gasteiger charge is -2.07. The van der Waals surface area contributed by atoms with Crippen LogP contribution >= 0.6 is 0 Å². The molecule has 0 radical (unpaired) electrons. The maximum atomic E-state index is 13.0. The van der Waals surface area contributed by atoms with Crippen molar-refractivity contribution in [2.45, 2.75) is 6.54 Å². The second-order valence-corrected chi connectivity index (χ2v) is 4.25. The van der Waals surface area contributed by atoms with Gasteiger partial charge in [-0.15, -0.1) is 0 Å². The summed E-state index contributed by atoms with van der Waals surface area (Å²) in [6.45, 7) is 1.25. The Labute approximate surface area is 115 Å². The molecule has 0 aliphatic carbocycles. The number of benzene rings is 2. The number of halogens is 2. The van der Waals surface area contributed by atoms with Gasteiger partial charge < -0.3 is 15.2 Å². The molecule has 0 aromatic heterocycles. The van der Waals surface area contributed by atoms with E-state index in [2.05, 4.69) is 5.32 Å². The van der Waals surface area contributed by atoms with E-state index in [0.29, 0.717) is 18.8 Å². The fraction of sp³-hybridized carbons (Fsp3) is 0.200. The summed E-state index contributed by atoms with van der Waals surface area (Å²) in [5.41, 5.74) is 1.02. The SMILES string of the molecule is OCCNCc1ccc(Oc2cc(F)cc(F)c2)cc1. The molecule has 0 amide bonds. The number of nitrogens with one attached hydrogen (secondary N) is 1. The molecule has 0 saturated carbocycles. The highest BCUT2D eigenvalue weighted by Crippen LogP contribution is 2.23. The molecular formula is C15H15F2NO2. The molecule has 0 atom stereocenters. The van der Waals surface area contributed by atoms with Gasteiger partial charge in [-0.2, -0.15) is 0 Å². The van der Waals surface area contributed by atoms with Gasteiger partial charge in [-0.05, 0) is 17.7 Å². The number of rotatable bonds is 6. The molecule has 3 nitrogen and oxygen atoms in total. The third-order valence-corrected chi connectivity index (χ3v) is 2.61. The summed E-state index contributed by atoms with van der Waals surface area (Å²) in [5.74, 6) is -0.732. The van der Waals surface area contributed by atoms with E-state index < -0.39 is 11.6 Å². The van der Waals surface area contributed by atoms with E-state index in [1.807, 2.05) is 12.1 Å². The molecule has 0 bridgehead atoms. The van der Waals surface area contributed by atoms with Crippen LogP contribution in [0.25, 0.3) is 0 Å². The van der Waals surface area contributed by atoms with Crippen LogP contribution in [0.4, 0.5) is 8.78 Å². The predicted octanol–water partition coefficient (Wildman–Crippen LogP) is 2.84. The Bertz CT molecular complexity index is 538. The molecule has 0 heterocycles. The quantitative estimate of drug-likeness (QED) is 0.799. The third-order valence-electron chi connectivity index (χ3n) is 2.61. The molecule has 106 valence electrons. The molecule has 20 heavy (non-hydrogen) atoms. The van der Waals surface area contributed by atoms with Crippen LogP contribution in [0.1, 0.15) is 5.56 Å². The zero-order valence-corrected chi connectivity index (χ0v) is 10.8. The van der Waals surface area contributed by atoms with Crippen molar-refractivity contribution in [2.24, 2.45) is 0 Å². The first kappa shape index (κ1) is 14.4. The van der Waals surface area contributed by atoms with Crippen LogP contribution in [0.15, 0.2) is 42.5 Å². The minimum absolute atomic E-state index is 0.0896. The second kappa shape index (κ2) is 6.98. The first-order valence-electron chi connectivity index (χ1n) is 6.22. The van der Waals surface area contributed by atoms with Crippen LogP contribution in [0.2, 0.25) is 0 Å². The molecular weight excluding hydrogens is 264 g/mol. The summed E-state index contributed by atoms with van der Waals surface area (Å²) in [6, 6.07) is 10.2. The lowest BCUT2D eigenvalue weighted by molar-refractivity contribution is 0.292. The summed E-state index contributed by atoms with van der Waals surface area (Å²) in [5, 5.41) is 11.7. The van der Waals surface area contributed by atoms with Crippen molar-refractivity contribution in [3.63, 3.8) is 0 Å². The Morgan fingerprint density at radius 3 is 2.20 bits per heavy atom. The average molecular weight is 279 g/mol. The fourth-order valence-corrected chi connectivity index (χ4v) is 1.71. The van der Waals surface area contributed by atoms with E-state index in [4.69, 9.17) is 9.84 Å². The molecule has 2 rings (SSSR count). The smallest absolute Gasteiger partial charge is 0.133 e. The standard InChI is InChI=1S/C15H15F2NO2/c16-12-7-13(17)9-15(8-12)20-14-3-1-11(2-4-14)10-18-5-6-19/h1-4,7-9,18-19H,5-6,10H2. The molecule has 2 aromatic rings. The number of hydrogen-bond donors (Lipinski definition) is 2. The van der Waals surface area contributed by atoms with Gasteiger partial charge in [0.05, 0.1) is 6.61 Å². The zero-order chi connectivity index (χ0) is 14.4. The van der Waals surface area contributed by atoms with Gasteiger partial charge in [0.1, 0.15) is 23.1 Å². The molecule has 0 unspecified atom stereocenters. The van der Waals surface area contributed by atoms with Crippen molar-refractivity contribution in [3.05, 3.63) is 59.7 Å². The molecule has 0 saturated heterocycles. The third kappa shape index (κ3) is 4.29. The number of aliphatic hydroxyl groups is 1. The second-order valence-electron chi connectivity index (χ2n) is 4.25.